The molecule has 0 aliphatic carbocycles. The van der Waals surface area contributed by atoms with Gasteiger partial charge in [-0.25, -0.2) is 4.98 Å². The molecule has 86 valence electrons. The van der Waals surface area contributed by atoms with Gasteiger partial charge < -0.3 is 5.32 Å². The molecular formula is C11H15N3OS. The van der Waals surface area contributed by atoms with Gasteiger partial charge in [-0.15, -0.1) is 11.3 Å². The van der Waals surface area contributed by atoms with Crippen molar-refractivity contribution in [1.29, 1.82) is 0 Å². The van der Waals surface area contributed by atoms with Crippen molar-refractivity contribution in [3.63, 3.8) is 0 Å². The van der Waals surface area contributed by atoms with E-state index in [1.807, 2.05) is 36.0 Å². The maximum Gasteiger partial charge on any atom is 0.193 e. The molecule has 0 amide bonds. The van der Waals surface area contributed by atoms with E-state index in [4.69, 9.17) is 0 Å². The number of rotatable bonds is 5. The van der Waals surface area contributed by atoms with E-state index >= 15 is 0 Å². The largest absolute Gasteiger partial charge is 0.308 e. The molecule has 0 bridgehead atoms. The summed E-state index contributed by atoms with van der Waals surface area (Å²) in [6, 6.07) is 0.342. The normalized spacial score (nSPS) is 11.4. The van der Waals surface area contributed by atoms with Gasteiger partial charge in [0.2, 0.25) is 0 Å². The summed E-state index contributed by atoms with van der Waals surface area (Å²) in [6.45, 7) is 4.47. The number of aromatic nitrogens is 2. The van der Waals surface area contributed by atoms with Crippen molar-refractivity contribution >= 4 is 22.1 Å². The number of nitrogens with zero attached hydrogens (tertiary/aromatic N) is 2. The van der Waals surface area contributed by atoms with E-state index in [1.54, 1.807) is 11.3 Å². The summed E-state index contributed by atoms with van der Waals surface area (Å²) in [6.07, 6.45) is 4.28. The second-order valence-corrected chi connectivity index (χ2v) is 4.95. The fraction of sp³-hybridized carbons (Fsp3) is 0.455. The standard InChI is InChI=1S/C11H15N3OS/c1-8(2)12-6-10(15)5-9-7-14-3-4-16-11(14)13-9/h3-4,7-8,12H,5-6H2,1-2H3. The third kappa shape index (κ3) is 2.68. The molecule has 0 aromatic carbocycles. The zero-order valence-electron chi connectivity index (χ0n) is 9.43. The smallest absolute Gasteiger partial charge is 0.193 e. The molecule has 0 saturated heterocycles. The van der Waals surface area contributed by atoms with Gasteiger partial charge in [-0.2, -0.15) is 0 Å². The van der Waals surface area contributed by atoms with Gasteiger partial charge in [0.05, 0.1) is 18.7 Å². The fourth-order valence-electron chi connectivity index (χ4n) is 1.44. The van der Waals surface area contributed by atoms with E-state index in [0.717, 1.165) is 10.7 Å². The molecule has 0 aliphatic rings. The molecule has 2 aromatic heterocycles. The Morgan fingerprint density at radius 3 is 3.12 bits per heavy atom. The maximum atomic E-state index is 11.6. The molecule has 0 spiro atoms. The first-order valence-corrected chi connectivity index (χ1v) is 6.19. The SMILES string of the molecule is CC(C)NCC(=O)Cc1cn2ccsc2n1. The lowest BCUT2D eigenvalue weighted by atomic mass is 10.2. The molecule has 5 heteroatoms. The molecule has 16 heavy (non-hydrogen) atoms. The summed E-state index contributed by atoms with van der Waals surface area (Å²) >= 11 is 1.58. The Morgan fingerprint density at radius 1 is 1.62 bits per heavy atom. The van der Waals surface area contributed by atoms with Gasteiger partial charge in [0.15, 0.2) is 10.7 Å². The first-order valence-electron chi connectivity index (χ1n) is 5.31. The first kappa shape index (κ1) is 11.3. The summed E-state index contributed by atoms with van der Waals surface area (Å²) in [5.41, 5.74) is 0.849. The number of hydrogen-bond acceptors (Lipinski definition) is 4. The van der Waals surface area contributed by atoms with Crippen LogP contribution in [0.15, 0.2) is 17.8 Å². The lowest BCUT2D eigenvalue weighted by Gasteiger charge is -2.05. The van der Waals surface area contributed by atoms with Gasteiger partial charge in [0.1, 0.15) is 0 Å². The van der Waals surface area contributed by atoms with Crippen LogP contribution >= 0.6 is 11.3 Å². The number of hydrogen-bond donors (Lipinski definition) is 1. The summed E-state index contributed by atoms with van der Waals surface area (Å²) in [5.74, 6) is 0.180. The lowest BCUT2D eigenvalue weighted by molar-refractivity contribution is -0.117. The van der Waals surface area contributed by atoms with Crippen molar-refractivity contribution in [1.82, 2.24) is 14.7 Å². The monoisotopic (exact) mass is 237 g/mol. The van der Waals surface area contributed by atoms with Crippen LogP contribution in [0.25, 0.3) is 4.96 Å². The Labute approximate surface area is 98.3 Å². The van der Waals surface area contributed by atoms with Crippen LogP contribution in [0, 0.1) is 0 Å². The molecule has 0 atom stereocenters. The molecule has 0 unspecified atom stereocenters. The van der Waals surface area contributed by atoms with Crippen molar-refractivity contribution < 1.29 is 4.79 Å². The predicted octanol–water partition coefficient (Wildman–Crippen LogP) is 1.51. The van der Waals surface area contributed by atoms with Gasteiger partial charge in [-0.05, 0) is 0 Å². The zero-order valence-corrected chi connectivity index (χ0v) is 10.3. The molecule has 1 N–H and O–H groups in total. The molecule has 4 nitrogen and oxygen atoms in total. The quantitative estimate of drug-likeness (QED) is 0.857. The van der Waals surface area contributed by atoms with E-state index in [-0.39, 0.29) is 5.78 Å². The molecule has 0 fully saturated rings. The van der Waals surface area contributed by atoms with Crippen LogP contribution in [-0.4, -0.2) is 27.8 Å². The predicted molar refractivity (Wildman–Crippen MR) is 64.9 cm³/mol. The highest BCUT2D eigenvalue weighted by molar-refractivity contribution is 7.15. The van der Waals surface area contributed by atoms with E-state index in [2.05, 4.69) is 10.3 Å². The summed E-state index contributed by atoms with van der Waals surface area (Å²) < 4.78 is 1.95. The number of Topliss-reactive ketones (excluding diaryl/α,β-unsaturated/α-hetero) is 1. The Balaban J connectivity index is 1.94. The van der Waals surface area contributed by atoms with E-state index < -0.39 is 0 Å². The van der Waals surface area contributed by atoms with Gasteiger partial charge in [0, 0.05) is 23.8 Å². The summed E-state index contributed by atoms with van der Waals surface area (Å²) in [7, 11) is 0. The third-order valence-electron chi connectivity index (χ3n) is 2.23. The highest BCUT2D eigenvalue weighted by Gasteiger charge is 2.08. The van der Waals surface area contributed by atoms with Crippen LogP contribution in [0.2, 0.25) is 0 Å². The van der Waals surface area contributed by atoms with Crippen molar-refractivity contribution in [2.45, 2.75) is 26.3 Å². The second-order valence-electron chi connectivity index (χ2n) is 4.08. The molecule has 2 rings (SSSR count). The van der Waals surface area contributed by atoms with Crippen molar-refractivity contribution in [3.8, 4) is 0 Å². The summed E-state index contributed by atoms with van der Waals surface area (Å²) in [5, 5.41) is 5.09. The minimum absolute atomic E-state index is 0.180. The Morgan fingerprint density at radius 2 is 2.44 bits per heavy atom. The molecule has 0 radical (unpaired) electrons. The Hall–Kier alpha value is -1.20. The van der Waals surface area contributed by atoms with Gasteiger partial charge in [0.25, 0.3) is 0 Å². The average molecular weight is 237 g/mol. The van der Waals surface area contributed by atoms with Gasteiger partial charge in [-0.1, -0.05) is 13.8 Å². The molecule has 0 saturated carbocycles. The molecule has 2 aromatic rings. The molecular weight excluding hydrogens is 222 g/mol. The topological polar surface area (TPSA) is 46.4 Å². The number of fused-ring (bicyclic) bond motifs is 1. The number of ketones is 1. The third-order valence-corrected chi connectivity index (χ3v) is 3.00. The second kappa shape index (κ2) is 4.76. The fourth-order valence-corrected chi connectivity index (χ4v) is 2.16. The number of carbonyl (C=O) groups is 1. The highest BCUT2D eigenvalue weighted by Crippen LogP contribution is 2.11. The van der Waals surface area contributed by atoms with Crippen LogP contribution in [0.5, 0.6) is 0 Å². The van der Waals surface area contributed by atoms with Crippen molar-refractivity contribution in [2.75, 3.05) is 6.54 Å². The van der Waals surface area contributed by atoms with Gasteiger partial charge in [-0.3, -0.25) is 9.20 Å². The van der Waals surface area contributed by atoms with Gasteiger partial charge >= 0.3 is 0 Å². The first-order chi connectivity index (χ1) is 7.65. The van der Waals surface area contributed by atoms with Crippen LogP contribution < -0.4 is 5.32 Å². The van der Waals surface area contributed by atoms with E-state index in [0.29, 0.717) is 19.0 Å². The zero-order chi connectivity index (χ0) is 11.5. The van der Waals surface area contributed by atoms with Crippen LogP contribution in [0.4, 0.5) is 0 Å². The Bertz CT molecular complexity index is 458. The molecule has 0 aliphatic heterocycles. The Kier molecular flexibility index (Phi) is 3.36. The molecule has 2 heterocycles. The van der Waals surface area contributed by atoms with E-state index in [1.165, 1.54) is 0 Å². The minimum atomic E-state index is 0.180. The number of carbonyl (C=O) groups excluding carboxylic acids is 1. The van der Waals surface area contributed by atoms with E-state index in [9.17, 15) is 4.79 Å². The maximum absolute atomic E-state index is 11.6. The summed E-state index contributed by atoms with van der Waals surface area (Å²) in [4.78, 5) is 16.9. The van der Waals surface area contributed by atoms with Crippen molar-refractivity contribution in [2.24, 2.45) is 0 Å². The highest BCUT2D eigenvalue weighted by atomic mass is 32.1. The van der Waals surface area contributed by atoms with Crippen LogP contribution in [0.1, 0.15) is 19.5 Å². The number of nitrogens with one attached hydrogen (secondary N) is 1. The minimum Gasteiger partial charge on any atom is -0.308 e. The van der Waals surface area contributed by atoms with Crippen molar-refractivity contribution in [3.05, 3.63) is 23.5 Å². The number of thiazole rings is 1. The van der Waals surface area contributed by atoms with Crippen LogP contribution in [0.3, 0.4) is 0 Å². The number of imidazole rings is 1. The lowest BCUT2D eigenvalue weighted by Crippen LogP contribution is -2.30. The average Bonchev–Trinajstić information content (AvgIpc) is 2.74. The van der Waals surface area contributed by atoms with Crippen LogP contribution in [-0.2, 0) is 11.2 Å².